The van der Waals surface area contributed by atoms with Gasteiger partial charge in [-0.05, 0) is 73.1 Å². The molecule has 0 spiro atoms. The summed E-state index contributed by atoms with van der Waals surface area (Å²) in [4.78, 5) is 51.0. The van der Waals surface area contributed by atoms with E-state index in [1.165, 1.54) is 24.2 Å². The number of carbonyl (C=O) groups excluding carboxylic acids is 3. The van der Waals surface area contributed by atoms with Crippen LogP contribution in [0.1, 0.15) is 43.6 Å². The fourth-order valence-corrected chi connectivity index (χ4v) is 6.74. The highest BCUT2D eigenvalue weighted by Crippen LogP contribution is 2.31. The molecule has 2 fully saturated rings. The molecule has 0 aliphatic carbocycles. The monoisotopic (exact) mass is 692 g/mol. The summed E-state index contributed by atoms with van der Waals surface area (Å²) in [7, 11) is 1.28. The second-order valence-corrected chi connectivity index (χ2v) is 12.4. The van der Waals surface area contributed by atoms with E-state index in [0.29, 0.717) is 51.6 Å². The summed E-state index contributed by atoms with van der Waals surface area (Å²) < 4.78 is 6.11. The number of hydrogen-bond acceptors (Lipinski definition) is 9. The molecule has 3 N–H and O–H groups in total. The number of methoxy groups -OCH3 is 1. The first-order chi connectivity index (χ1) is 23.2. The maximum Gasteiger partial charge on any atom is 0.411 e. The van der Waals surface area contributed by atoms with Crippen LogP contribution in [-0.2, 0) is 14.3 Å². The van der Waals surface area contributed by atoms with Crippen LogP contribution >= 0.6 is 23.2 Å². The van der Waals surface area contributed by atoms with Crippen LogP contribution < -0.4 is 10.6 Å². The van der Waals surface area contributed by atoms with Crippen LogP contribution in [0, 0.1) is 0 Å². The number of benzene rings is 2. The normalized spacial score (nSPS) is 18.5. The van der Waals surface area contributed by atoms with Crippen molar-refractivity contribution in [1.29, 1.82) is 0 Å². The molecule has 3 amide bonds. The van der Waals surface area contributed by atoms with Crippen molar-refractivity contribution in [3.8, 4) is 16.9 Å². The number of aromatic nitrogens is 6. The van der Waals surface area contributed by atoms with Crippen LogP contribution in [0.5, 0.6) is 0 Å². The maximum atomic E-state index is 13.8. The van der Waals surface area contributed by atoms with Crippen molar-refractivity contribution in [2.24, 2.45) is 0 Å². The lowest BCUT2D eigenvalue weighted by Crippen LogP contribution is -2.58. The van der Waals surface area contributed by atoms with Gasteiger partial charge in [0.05, 0.1) is 25.3 Å². The van der Waals surface area contributed by atoms with Crippen molar-refractivity contribution in [3.63, 3.8) is 0 Å². The van der Waals surface area contributed by atoms with Gasteiger partial charge in [-0.15, -0.1) is 5.10 Å². The molecular weight excluding hydrogens is 659 g/mol. The van der Waals surface area contributed by atoms with Crippen LogP contribution in [0.25, 0.3) is 23.0 Å². The summed E-state index contributed by atoms with van der Waals surface area (Å²) in [5.41, 5.74) is 2.84. The first-order valence-electron chi connectivity index (χ1n) is 15.5. The number of ether oxygens (including phenoxy) is 1. The van der Waals surface area contributed by atoms with Crippen LogP contribution in [0.4, 0.5) is 10.5 Å². The molecule has 250 valence electrons. The summed E-state index contributed by atoms with van der Waals surface area (Å²) in [6, 6.07) is 11.5. The van der Waals surface area contributed by atoms with E-state index >= 15 is 0 Å². The Kier molecular flexibility index (Phi) is 10.0. The molecule has 2 aliphatic rings. The zero-order valence-electron chi connectivity index (χ0n) is 26.3. The van der Waals surface area contributed by atoms with E-state index in [1.807, 2.05) is 4.90 Å². The number of aromatic amines is 1. The molecule has 3 atom stereocenters. The van der Waals surface area contributed by atoms with E-state index in [1.54, 1.807) is 48.5 Å². The minimum Gasteiger partial charge on any atom is -0.453 e. The van der Waals surface area contributed by atoms with E-state index in [-0.39, 0.29) is 23.5 Å². The van der Waals surface area contributed by atoms with Gasteiger partial charge in [-0.3, -0.25) is 19.8 Å². The Bertz CT molecular complexity index is 1810. The molecule has 2 aromatic heterocycles. The molecule has 14 nitrogen and oxygen atoms in total. The zero-order valence-corrected chi connectivity index (χ0v) is 27.8. The molecule has 0 saturated carbocycles. The second kappa shape index (κ2) is 14.5. The van der Waals surface area contributed by atoms with Gasteiger partial charge in [0.1, 0.15) is 23.0 Å². The molecule has 4 aromatic rings. The molecule has 48 heavy (non-hydrogen) atoms. The predicted octanol–water partition coefficient (Wildman–Crippen LogP) is 4.49. The van der Waals surface area contributed by atoms with E-state index in [4.69, 9.17) is 28.2 Å². The molecule has 0 bridgehead atoms. The third-order valence-corrected chi connectivity index (χ3v) is 9.21. The van der Waals surface area contributed by atoms with Gasteiger partial charge in [-0.1, -0.05) is 35.3 Å². The fourth-order valence-electron chi connectivity index (χ4n) is 6.31. The van der Waals surface area contributed by atoms with Gasteiger partial charge in [-0.25, -0.2) is 9.78 Å². The Labute approximate surface area is 286 Å². The number of imidazole rings is 1. The Morgan fingerprint density at radius 2 is 1.94 bits per heavy atom. The first-order valence-corrected chi connectivity index (χ1v) is 16.2. The van der Waals surface area contributed by atoms with Gasteiger partial charge in [0, 0.05) is 53.1 Å². The fraction of sp³-hybridized carbons (Fsp3) is 0.344. The van der Waals surface area contributed by atoms with E-state index in [2.05, 4.69) is 47.7 Å². The number of piperazine rings is 1. The quantitative estimate of drug-likeness (QED) is 0.214. The topological polar surface area (TPSA) is 163 Å². The SMILES string of the molecule is COC(=O)Nc1ccc(-c2nc([C@H](CC(=O)N3CCN4CCCC4C3C)NC(=O)C=Cc3cc(Cl)ccc3-n3cnnn3)[nH]c2Cl)cc1. The Morgan fingerprint density at radius 1 is 1.12 bits per heavy atom. The summed E-state index contributed by atoms with van der Waals surface area (Å²) in [6.45, 7) is 4.57. The second-order valence-electron chi connectivity index (χ2n) is 11.6. The smallest absolute Gasteiger partial charge is 0.411 e. The lowest BCUT2D eigenvalue weighted by atomic mass is 10.0. The van der Waals surface area contributed by atoms with Crippen molar-refractivity contribution >= 4 is 52.9 Å². The summed E-state index contributed by atoms with van der Waals surface area (Å²) >= 11 is 12.9. The Morgan fingerprint density at radius 3 is 2.69 bits per heavy atom. The summed E-state index contributed by atoms with van der Waals surface area (Å²) in [5, 5.41) is 17.6. The van der Waals surface area contributed by atoms with Crippen LogP contribution in [0.2, 0.25) is 10.2 Å². The third kappa shape index (κ3) is 7.35. The standard InChI is InChI=1S/C32H34Cl2N10O4/c1-19-25-4-3-13-42(25)14-15-43(19)28(46)17-24(31-38-29(30(34)39-31)20-5-9-23(10-6-20)36-32(47)48-2)37-27(45)12-7-21-16-22(33)8-11-26(21)44-18-35-40-41-44/h5-12,16,18-19,24-25H,3-4,13-15,17H2,1-2H3,(H,36,47)(H,37,45)(H,38,39)/t19?,24-,25?/m0/s1. The van der Waals surface area contributed by atoms with Gasteiger partial charge in [0.2, 0.25) is 11.8 Å². The largest absolute Gasteiger partial charge is 0.453 e. The lowest BCUT2D eigenvalue weighted by Gasteiger charge is -2.43. The van der Waals surface area contributed by atoms with E-state index in [0.717, 1.165) is 25.9 Å². The molecule has 4 heterocycles. The Balaban J connectivity index is 1.25. The van der Waals surface area contributed by atoms with Crippen molar-refractivity contribution in [2.75, 3.05) is 32.1 Å². The number of amides is 3. The zero-order chi connectivity index (χ0) is 33.8. The van der Waals surface area contributed by atoms with Crippen molar-refractivity contribution in [2.45, 2.75) is 44.3 Å². The minimum atomic E-state index is -0.826. The summed E-state index contributed by atoms with van der Waals surface area (Å²) in [6.07, 6.45) is 5.95. The molecule has 16 heteroatoms. The number of nitrogens with zero attached hydrogens (tertiary/aromatic N) is 7. The molecule has 2 saturated heterocycles. The maximum absolute atomic E-state index is 13.8. The average Bonchev–Trinajstić information content (AvgIpc) is 3.86. The predicted molar refractivity (Wildman–Crippen MR) is 180 cm³/mol. The Hall–Kier alpha value is -4.79. The van der Waals surface area contributed by atoms with Crippen LogP contribution in [0.3, 0.4) is 0 Å². The molecule has 6 rings (SSSR count). The van der Waals surface area contributed by atoms with E-state index < -0.39 is 18.0 Å². The number of nitrogens with one attached hydrogen (secondary N) is 3. The average molecular weight is 694 g/mol. The molecule has 2 aliphatic heterocycles. The van der Waals surface area contributed by atoms with Gasteiger partial charge in [0.25, 0.3) is 0 Å². The molecular formula is C32H34Cl2N10O4. The number of rotatable bonds is 9. The van der Waals surface area contributed by atoms with Gasteiger partial charge in [0.15, 0.2) is 0 Å². The van der Waals surface area contributed by atoms with Crippen LogP contribution in [-0.4, -0.2) is 96.7 Å². The minimum absolute atomic E-state index is 0.0328. The molecule has 2 unspecified atom stereocenters. The number of H-pyrrole nitrogens is 1. The van der Waals surface area contributed by atoms with Gasteiger partial charge >= 0.3 is 6.09 Å². The van der Waals surface area contributed by atoms with Crippen molar-refractivity contribution in [1.82, 2.24) is 45.3 Å². The lowest BCUT2D eigenvalue weighted by molar-refractivity contribution is -0.137. The number of fused-ring (bicyclic) bond motifs is 1. The third-order valence-electron chi connectivity index (χ3n) is 8.70. The first kappa shape index (κ1) is 33.1. The molecule has 2 aromatic carbocycles. The number of hydrogen-bond donors (Lipinski definition) is 3. The van der Waals surface area contributed by atoms with Gasteiger partial charge in [-0.2, -0.15) is 4.68 Å². The highest BCUT2D eigenvalue weighted by molar-refractivity contribution is 6.32. The van der Waals surface area contributed by atoms with Gasteiger partial charge < -0.3 is 19.9 Å². The number of carbonyl (C=O) groups is 3. The van der Waals surface area contributed by atoms with Crippen molar-refractivity contribution in [3.05, 3.63) is 76.4 Å². The van der Waals surface area contributed by atoms with Crippen molar-refractivity contribution < 1.29 is 19.1 Å². The van der Waals surface area contributed by atoms with E-state index in [9.17, 15) is 14.4 Å². The molecule has 0 radical (unpaired) electrons. The number of tetrazole rings is 1. The highest BCUT2D eigenvalue weighted by atomic mass is 35.5. The highest BCUT2D eigenvalue weighted by Gasteiger charge is 2.39. The summed E-state index contributed by atoms with van der Waals surface area (Å²) in [5.74, 6) is -0.228. The number of anilines is 1. The van der Waals surface area contributed by atoms with Crippen LogP contribution in [0.15, 0.2) is 54.9 Å². The number of halogens is 2.